The van der Waals surface area contributed by atoms with Gasteiger partial charge in [-0.2, -0.15) is 0 Å². The molecule has 3 aromatic carbocycles. The van der Waals surface area contributed by atoms with Gasteiger partial charge in [0.15, 0.2) is 0 Å². The second-order valence-electron chi connectivity index (χ2n) is 11.2. The Kier molecular flexibility index (Phi) is 6.59. The van der Waals surface area contributed by atoms with E-state index in [2.05, 4.69) is 47.4 Å². The highest BCUT2D eigenvalue weighted by Crippen LogP contribution is 2.55. The van der Waals surface area contributed by atoms with E-state index in [9.17, 15) is 13.5 Å². The van der Waals surface area contributed by atoms with Gasteiger partial charge in [-0.15, -0.1) is 0 Å². The first kappa shape index (κ1) is 25.6. The molecule has 3 atom stereocenters. The summed E-state index contributed by atoms with van der Waals surface area (Å²) in [6, 6.07) is 16.2. The number of likely N-dealkylation sites (tertiary alicyclic amines) is 1. The van der Waals surface area contributed by atoms with Crippen LogP contribution in [0.3, 0.4) is 0 Å². The van der Waals surface area contributed by atoms with Crippen LogP contribution in [-0.2, 0) is 16.6 Å². The molecule has 6 nitrogen and oxygen atoms in total. The summed E-state index contributed by atoms with van der Waals surface area (Å²) in [5.41, 5.74) is 4.79. The van der Waals surface area contributed by atoms with E-state index in [4.69, 9.17) is 4.74 Å². The maximum atomic E-state index is 13.2. The summed E-state index contributed by atoms with van der Waals surface area (Å²) >= 11 is 0. The van der Waals surface area contributed by atoms with Crippen molar-refractivity contribution in [3.63, 3.8) is 0 Å². The maximum absolute atomic E-state index is 13.2. The van der Waals surface area contributed by atoms with Gasteiger partial charge in [0.2, 0.25) is 10.0 Å². The summed E-state index contributed by atoms with van der Waals surface area (Å²) in [6.07, 6.45) is 6.68. The van der Waals surface area contributed by atoms with Gasteiger partial charge in [0.25, 0.3) is 0 Å². The molecule has 3 aromatic rings. The largest absolute Gasteiger partial charge is 0.495 e. The fourth-order valence-electron chi connectivity index (χ4n) is 6.48. The first-order valence-electron chi connectivity index (χ1n) is 13.5. The fraction of sp³-hybridized carbons (Fsp3) is 0.419. The van der Waals surface area contributed by atoms with Crippen LogP contribution in [-0.4, -0.2) is 57.0 Å². The van der Waals surface area contributed by atoms with Gasteiger partial charge in [0.1, 0.15) is 10.6 Å². The molecule has 0 bridgehead atoms. The molecule has 1 aliphatic heterocycles. The van der Waals surface area contributed by atoms with E-state index in [-0.39, 0.29) is 16.6 Å². The Balaban J connectivity index is 1.24. The molecule has 1 saturated heterocycles. The van der Waals surface area contributed by atoms with Crippen molar-refractivity contribution in [2.24, 2.45) is 11.8 Å². The maximum Gasteiger partial charge on any atom is 0.246 e. The van der Waals surface area contributed by atoms with E-state index < -0.39 is 16.1 Å². The van der Waals surface area contributed by atoms with E-state index in [1.807, 2.05) is 0 Å². The number of nitrogens with zero attached hydrogens (tertiary/aromatic N) is 2. The zero-order valence-corrected chi connectivity index (χ0v) is 23.1. The third kappa shape index (κ3) is 4.35. The summed E-state index contributed by atoms with van der Waals surface area (Å²) in [7, 11) is 0.683. The quantitative estimate of drug-likeness (QED) is 0.454. The number of piperidine rings is 1. The van der Waals surface area contributed by atoms with Crippen molar-refractivity contribution in [2.45, 2.75) is 42.7 Å². The predicted molar refractivity (Wildman–Crippen MR) is 151 cm³/mol. The van der Waals surface area contributed by atoms with Crippen molar-refractivity contribution in [3.05, 3.63) is 76.9 Å². The van der Waals surface area contributed by atoms with Crippen LogP contribution >= 0.6 is 0 Å². The number of sulfonamides is 1. The molecule has 6 rings (SSSR count). The molecular formula is C31H36N2O4S. The normalized spacial score (nSPS) is 22.3. The lowest BCUT2D eigenvalue weighted by atomic mass is 9.85. The molecule has 0 spiro atoms. The fourth-order valence-corrected chi connectivity index (χ4v) is 7.74. The number of hydrogen-bond acceptors (Lipinski definition) is 5. The minimum absolute atomic E-state index is 0.0216. The highest BCUT2D eigenvalue weighted by atomic mass is 32.2. The van der Waals surface area contributed by atoms with E-state index >= 15 is 0 Å². The van der Waals surface area contributed by atoms with Gasteiger partial charge >= 0.3 is 0 Å². The Bertz CT molecular complexity index is 1510. The van der Waals surface area contributed by atoms with Gasteiger partial charge in [-0.3, -0.25) is 4.90 Å². The van der Waals surface area contributed by atoms with Crippen LogP contribution in [0.25, 0.3) is 16.8 Å². The molecular weight excluding hydrogens is 496 g/mol. The minimum Gasteiger partial charge on any atom is -0.495 e. The first-order valence-corrected chi connectivity index (χ1v) is 15.0. The topological polar surface area (TPSA) is 70.1 Å². The van der Waals surface area contributed by atoms with Crippen molar-refractivity contribution in [1.29, 1.82) is 0 Å². The highest BCUT2D eigenvalue weighted by molar-refractivity contribution is 7.89. The molecule has 0 aromatic heterocycles. The Morgan fingerprint density at radius 2 is 1.87 bits per heavy atom. The number of aliphatic hydroxyl groups excluding tert-OH is 1. The average Bonchev–Trinajstić information content (AvgIpc) is 3.72. The molecule has 1 saturated carbocycles. The lowest BCUT2D eigenvalue weighted by Gasteiger charge is -2.36. The van der Waals surface area contributed by atoms with Gasteiger partial charge in [0, 0.05) is 26.2 Å². The lowest BCUT2D eigenvalue weighted by molar-refractivity contribution is 0.0547. The van der Waals surface area contributed by atoms with Crippen LogP contribution in [0.5, 0.6) is 5.75 Å². The van der Waals surface area contributed by atoms with Gasteiger partial charge in [0.05, 0.1) is 13.2 Å². The number of rotatable bonds is 7. The minimum atomic E-state index is -3.78. The summed E-state index contributed by atoms with van der Waals surface area (Å²) in [6.45, 7) is 2.63. The standard InChI is InChI=1S/C31H36N2O4S/c1-32(2)38(35,36)31-25(9-6-10-28(31)37-3)30(34)20-13-15-33(16-14-20)19-27-24-8-5-4-7-21(24)17-23-12-11-22-18-26(22)29(23)27/h4-12,17,20,22,26,30,34H,13-16,18-19H2,1-3H3. The molecule has 3 aliphatic rings. The third-order valence-electron chi connectivity index (χ3n) is 8.71. The van der Waals surface area contributed by atoms with Crippen molar-refractivity contribution in [3.8, 4) is 5.75 Å². The number of methoxy groups -OCH3 is 1. The zero-order chi connectivity index (χ0) is 26.6. The number of ether oxygens (including phenoxy) is 1. The monoisotopic (exact) mass is 532 g/mol. The molecule has 2 fully saturated rings. The van der Waals surface area contributed by atoms with Crippen molar-refractivity contribution < 1.29 is 18.3 Å². The molecule has 0 radical (unpaired) electrons. The van der Waals surface area contributed by atoms with Crippen LogP contribution in [0.15, 0.2) is 59.5 Å². The smallest absolute Gasteiger partial charge is 0.246 e. The van der Waals surface area contributed by atoms with E-state index in [0.717, 1.165) is 32.5 Å². The zero-order valence-electron chi connectivity index (χ0n) is 22.3. The molecule has 2 aliphatic carbocycles. The summed E-state index contributed by atoms with van der Waals surface area (Å²) in [5.74, 6) is 1.59. The molecule has 1 N–H and O–H groups in total. The Hall–Kier alpha value is -2.71. The van der Waals surface area contributed by atoms with Crippen LogP contribution in [0.4, 0.5) is 0 Å². The van der Waals surface area contributed by atoms with Gasteiger partial charge in [-0.1, -0.05) is 48.6 Å². The predicted octanol–water partition coefficient (Wildman–Crippen LogP) is 5.17. The van der Waals surface area contributed by atoms with Crippen LogP contribution < -0.4 is 4.74 Å². The van der Waals surface area contributed by atoms with Gasteiger partial charge in [-0.05, 0) is 89.7 Å². The Labute approximate surface area is 225 Å². The molecule has 1 heterocycles. The molecule has 200 valence electrons. The van der Waals surface area contributed by atoms with Crippen LogP contribution in [0.2, 0.25) is 0 Å². The lowest BCUT2D eigenvalue weighted by Crippen LogP contribution is -2.36. The van der Waals surface area contributed by atoms with Crippen molar-refractivity contribution in [2.75, 3.05) is 34.3 Å². The SMILES string of the molecule is COc1cccc(C(O)C2CCN(Cc3c4c(cc5ccccc35)C=CC3CC43)CC2)c1S(=O)(=O)N(C)C. The Morgan fingerprint density at radius 1 is 1.11 bits per heavy atom. The van der Waals surface area contributed by atoms with Crippen LogP contribution in [0, 0.1) is 11.8 Å². The second-order valence-corrected chi connectivity index (χ2v) is 13.3. The van der Waals surface area contributed by atoms with E-state index in [0.29, 0.717) is 17.4 Å². The number of hydrogen-bond donors (Lipinski definition) is 1. The molecule has 3 unspecified atom stereocenters. The molecule has 38 heavy (non-hydrogen) atoms. The van der Waals surface area contributed by atoms with Gasteiger partial charge in [-0.25, -0.2) is 12.7 Å². The van der Waals surface area contributed by atoms with Crippen LogP contribution in [0.1, 0.15) is 53.5 Å². The summed E-state index contributed by atoms with van der Waals surface area (Å²) < 4.78 is 32.9. The highest BCUT2D eigenvalue weighted by Gasteiger charge is 2.42. The third-order valence-corrected chi connectivity index (χ3v) is 10.6. The number of benzene rings is 3. The molecule has 7 heteroatoms. The first-order chi connectivity index (χ1) is 18.3. The Morgan fingerprint density at radius 3 is 2.61 bits per heavy atom. The van der Waals surface area contributed by atoms with Crippen molar-refractivity contribution >= 4 is 26.9 Å². The van der Waals surface area contributed by atoms with E-state index in [1.165, 1.54) is 59.4 Å². The van der Waals surface area contributed by atoms with Gasteiger partial charge < -0.3 is 9.84 Å². The van der Waals surface area contributed by atoms with Crippen molar-refractivity contribution in [1.82, 2.24) is 9.21 Å². The number of aliphatic hydroxyl groups is 1. The summed E-state index contributed by atoms with van der Waals surface area (Å²) in [4.78, 5) is 2.57. The number of allylic oxidation sites excluding steroid dienone is 1. The second kappa shape index (κ2) is 9.79. The molecule has 0 amide bonds. The van der Waals surface area contributed by atoms with E-state index in [1.54, 1.807) is 18.2 Å². The number of fused-ring (bicyclic) bond motifs is 4. The average molecular weight is 533 g/mol. The summed E-state index contributed by atoms with van der Waals surface area (Å²) in [5, 5.41) is 14.1.